The quantitative estimate of drug-likeness (QED) is 0.143. The smallest absolute Gasteiger partial charge is 0.137 e. The molecule has 4 spiro atoms. The summed E-state index contributed by atoms with van der Waals surface area (Å²) in [5, 5.41) is 4.45. The average molecular weight is 1850 g/mol. The summed E-state index contributed by atoms with van der Waals surface area (Å²) in [4.78, 5) is 4.99. The third-order valence-corrected chi connectivity index (χ3v) is 33.7. The van der Waals surface area contributed by atoms with E-state index in [1.54, 1.807) is 0 Å². The molecule has 144 heavy (non-hydrogen) atoms. The van der Waals surface area contributed by atoms with E-state index in [0.717, 1.165) is 186 Å². The van der Waals surface area contributed by atoms with E-state index in [0.29, 0.717) is 0 Å². The molecule has 0 amide bonds. The summed E-state index contributed by atoms with van der Waals surface area (Å²) in [6.45, 7) is 0. The number of hydrogen-bond donors (Lipinski definition) is 0. The predicted molar refractivity (Wildman–Crippen MR) is 582 cm³/mol. The van der Waals surface area contributed by atoms with Gasteiger partial charge >= 0.3 is 0 Å². The van der Waals surface area contributed by atoms with E-state index in [9.17, 15) is 0 Å². The Balaban J connectivity index is 0.551. The van der Waals surface area contributed by atoms with Crippen LogP contribution in [-0.2, 0) is 21.7 Å². The van der Waals surface area contributed by atoms with E-state index < -0.39 is 21.7 Å². The van der Waals surface area contributed by atoms with E-state index in [4.69, 9.17) is 23.4 Å². The molecule has 8 heteroatoms. The minimum atomic E-state index is -0.873. The summed E-state index contributed by atoms with van der Waals surface area (Å²) in [7, 11) is 0. The molecule has 0 fully saturated rings. The molecule has 0 bridgehead atoms. The van der Waals surface area contributed by atoms with Crippen LogP contribution < -0.4 is 28.7 Å². The van der Waals surface area contributed by atoms with Gasteiger partial charge in [0.1, 0.15) is 57.2 Å². The van der Waals surface area contributed by atoms with Crippen molar-refractivity contribution in [3.05, 3.63) is 574 Å². The highest BCUT2D eigenvalue weighted by Gasteiger charge is 2.57. The maximum absolute atomic E-state index is 7.37. The zero-order chi connectivity index (χ0) is 94.0. The first kappa shape index (κ1) is 79.6. The van der Waals surface area contributed by atoms with Crippen LogP contribution in [0.25, 0.3) is 120 Å². The van der Waals surface area contributed by atoms with Crippen molar-refractivity contribution in [2.75, 3.05) is 9.80 Å². The van der Waals surface area contributed by atoms with Gasteiger partial charge in [0, 0.05) is 92.7 Å². The van der Waals surface area contributed by atoms with E-state index in [1.807, 2.05) is 11.3 Å². The summed E-state index contributed by atoms with van der Waals surface area (Å²) < 4.78 is 38.2. The van der Waals surface area contributed by atoms with Gasteiger partial charge in [-0.25, -0.2) is 0 Å². The first-order valence-corrected chi connectivity index (χ1v) is 50.4. The van der Waals surface area contributed by atoms with Crippen LogP contribution in [0.5, 0.6) is 46.0 Å². The number of thiophene rings is 1. The number of ether oxygens (including phenoxy) is 4. The molecular formula is C136H80N2O5S. The lowest BCUT2D eigenvalue weighted by Gasteiger charge is -2.40. The number of fused-ring (bicyclic) bond motifs is 42. The third kappa shape index (κ3) is 10.5. The van der Waals surface area contributed by atoms with Crippen molar-refractivity contribution < 1.29 is 23.4 Å². The molecule has 4 aliphatic heterocycles. The lowest BCUT2D eigenvalue weighted by atomic mass is 9.65. The molecule has 24 aromatic rings. The summed E-state index contributed by atoms with van der Waals surface area (Å²) >= 11 is 1.84. The van der Waals surface area contributed by atoms with Crippen LogP contribution in [0.4, 0.5) is 34.1 Å². The fraction of sp³-hybridized carbons (Fsp3) is 0.0294. The largest absolute Gasteiger partial charge is 0.457 e. The van der Waals surface area contributed by atoms with E-state index in [1.165, 1.54) is 104 Å². The van der Waals surface area contributed by atoms with Gasteiger partial charge in [-0.05, 0) is 268 Å². The van der Waals surface area contributed by atoms with Crippen molar-refractivity contribution in [3.63, 3.8) is 0 Å². The summed E-state index contributed by atoms with van der Waals surface area (Å²) in [5.41, 5.74) is 39.1. The number of benzene rings is 22. The first-order chi connectivity index (χ1) is 71.4. The molecule has 0 saturated heterocycles. The Bertz CT molecular complexity index is 9690. The molecule has 6 heterocycles. The third-order valence-electron chi connectivity index (χ3n) is 32.5. The molecule has 0 radical (unpaired) electrons. The molecule has 2 unspecified atom stereocenters. The Labute approximate surface area is 834 Å². The van der Waals surface area contributed by atoms with E-state index in [2.05, 4.69) is 495 Å². The van der Waals surface area contributed by atoms with Crippen LogP contribution in [0.3, 0.4) is 0 Å². The standard InChI is InChI=1S/C136H80N2O5S/c1-10-41-100-90(33-1)91-34-2-11-42-101(91)133(100)108-47-16-22-55-120(108)140-124-70-64-84(77-112(124)133)81-30-27-31-86(74-81)137(118-53-29-61-130-132(118)97-40-9-26-60-129(97)144-130)87-66-72-126-114(79-87)135(110-49-18-24-57-122(110)142-126)104-45-14-5-37-94(104)98-75-82(62-68-106(98)135)83-63-69-107-99(76-83)95-38-6-15-46-105(95)136(107)111-50-19-25-58-123(111)143-127-73-67-88(80-115(127)136)138(117-52-28-59-128-131(117)96-39-8-21-54-119(96)139-128)116-51-20-7-32-89(116)85-65-71-125-113(78-85)134(109-48-17-23-56-121(109)141-125)102-43-12-3-35-92(102)93-36-4-13-44-103(93)134/h1-80H. The van der Waals surface area contributed by atoms with Crippen LogP contribution in [0.1, 0.15) is 89.0 Å². The fourth-order valence-corrected chi connectivity index (χ4v) is 28.1. The van der Waals surface area contributed by atoms with Crippen molar-refractivity contribution >= 4 is 87.6 Å². The summed E-state index contributed by atoms with van der Waals surface area (Å²) in [5.74, 6) is 6.64. The van der Waals surface area contributed by atoms with Gasteiger partial charge in [-0.3, -0.25) is 0 Å². The molecule has 670 valence electrons. The highest BCUT2D eigenvalue weighted by molar-refractivity contribution is 7.26. The van der Waals surface area contributed by atoms with Crippen molar-refractivity contribution in [2.24, 2.45) is 0 Å². The van der Waals surface area contributed by atoms with Crippen molar-refractivity contribution in [2.45, 2.75) is 21.7 Å². The first-order valence-electron chi connectivity index (χ1n) is 49.5. The number of para-hydroxylation sites is 6. The van der Waals surface area contributed by atoms with Gasteiger partial charge in [-0.15, -0.1) is 11.3 Å². The normalized spacial score (nSPS) is 15.8. The topological polar surface area (TPSA) is 56.5 Å². The average Bonchev–Trinajstić information content (AvgIpc) is 1.52. The minimum absolute atomic E-state index is 0.634. The highest BCUT2D eigenvalue weighted by Crippen LogP contribution is 2.70. The number of anilines is 6. The van der Waals surface area contributed by atoms with Crippen LogP contribution in [0.15, 0.2) is 490 Å². The van der Waals surface area contributed by atoms with E-state index in [-0.39, 0.29) is 0 Å². The second-order valence-corrected chi connectivity index (χ2v) is 40.3. The van der Waals surface area contributed by atoms with Crippen molar-refractivity contribution in [1.82, 2.24) is 0 Å². The zero-order valence-corrected chi connectivity index (χ0v) is 78.3. The van der Waals surface area contributed by atoms with Crippen LogP contribution in [0, 0.1) is 0 Å². The SMILES string of the molecule is c1cc(-c2ccc3c(c2)C2(c4ccccc4O3)c3ccccc3-c3ccccc32)cc(N(c2ccc3c(c2)C2(c4ccccc4O3)c3ccccc3-c3cc(-c4ccc5c(c4)-c4ccccc4C54c5ccccc5Oc5ccc(N(c6ccccc6-c6ccc7c(c6)C6(c8ccccc8O7)c7ccccc7-c7ccccc76)c6cccc7oc8ccccc8c67)cc54)ccc32)c2cccc3sc4ccccc4c23)c1. The predicted octanol–water partition coefficient (Wildman–Crippen LogP) is 35.8. The molecule has 8 aliphatic rings. The Morgan fingerprint density at radius 3 is 0.979 bits per heavy atom. The Morgan fingerprint density at radius 2 is 0.479 bits per heavy atom. The number of furan rings is 1. The van der Waals surface area contributed by atoms with Crippen molar-refractivity contribution in [1.29, 1.82) is 0 Å². The minimum Gasteiger partial charge on any atom is -0.457 e. The van der Waals surface area contributed by atoms with Crippen LogP contribution in [-0.4, -0.2) is 0 Å². The summed E-state index contributed by atoms with van der Waals surface area (Å²) in [6.07, 6.45) is 0. The van der Waals surface area contributed by atoms with Gasteiger partial charge in [-0.2, -0.15) is 0 Å². The highest BCUT2D eigenvalue weighted by atomic mass is 32.1. The molecule has 7 nitrogen and oxygen atoms in total. The van der Waals surface area contributed by atoms with Crippen LogP contribution in [0.2, 0.25) is 0 Å². The lowest BCUT2D eigenvalue weighted by molar-refractivity contribution is 0.436. The lowest BCUT2D eigenvalue weighted by Crippen LogP contribution is -2.32. The molecule has 22 aromatic carbocycles. The number of rotatable bonds is 9. The number of nitrogens with zero attached hydrogens (tertiary/aromatic N) is 2. The van der Waals surface area contributed by atoms with Gasteiger partial charge in [0.15, 0.2) is 0 Å². The Hall–Kier alpha value is -18.3. The molecule has 0 saturated carbocycles. The van der Waals surface area contributed by atoms with Gasteiger partial charge < -0.3 is 33.2 Å². The fourth-order valence-electron chi connectivity index (χ4n) is 26.9. The van der Waals surface area contributed by atoms with Gasteiger partial charge in [0.25, 0.3) is 0 Å². The molecular weight excluding hydrogens is 1770 g/mol. The maximum Gasteiger partial charge on any atom is 0.137 e. The van der Waals surface area contributed by atoms with Crippen LogP contribution >= 0.6 is 11.3 Å². The van der Waals surface area contributed by atoms with Gasteiger partial charge in [-0.1, -0.05) is 334 Å². The van der Waals surface area contributed by atoms with E-state index >= 15 is 0 Å². The Morgan fingerprint density at radius 1 is 0.167 bits per heavy atom. The monoisotopic (exact) mass is 1850 g/mol. The van der Waals surface area contributed by atoms with Gasteiger partial charge in [0.2, 0.25) is 0 Å². The number of hydrogen-bond acceptors (Lipinski definition) is 8. The second kappa shape index (κ2) is 29.6. The van der Waals surface area contributed by atoms with Crippen molar-refractivity contribution in [3.8, 4) is 124 Å². The molecule has 2 aromatic heterocycles. The molecule has 4 aliphatic carbocycles. The zero-order valence-electron chi connectivity index (χ0n) is 77.5. The molecule has 2 atom stereocenters. The Kier molecular flexibility index (Phi) is 16.4. The maximum atomic E-state index is 7.37. The second-order valence-electron chi connectivity index (χ2n) is 39.2. The van der Waals surface area contributed by atoms with Gasteiger partial charge in [0.05, 0.1) is 44.1 Å². The molecule has 0 N–H and O–H groups in total. The summed E-state index contributed by atoms with van der Waals surface area (Å²) in [6, 6.07) is 180. The molecule has 32 rings (SSSR count).